The number of rotatable bonds is 2. The van der Waals surface area contributed by atoms with Gasteiger partial charge < -0.3 is 10.2 Å². The van der Waals surface area contributed by atoms with Crippen molar-refractivity contribution in [2.24, 2.45) is 7.05 Å². The minimum absolute atomic E-state index is 0.653. The van der Waals surface area contributed by atoms with Gasteiger partial charge in [-0.3, -0.25) is 4.68 Å². The molecule has 2 N–H and O–H groups in total. The fourth-order valence-electron chi connectivity index (χ4n) is 1.85. The maximum atomic E-state index is 6.11. The molecule has 0 saturated heterocycles. The van der Waals surface area contributed by atoms with Gasteiger partial charge in [-0.1, -0.05) is 6.07 Å². The Morgan fingerprint density at radius 2 is 2.28 bits per heavy atom. The lowest BCUT2D eigenvalue weighted by atomic mass is 10.1. The van der Waals surface area contributed by atoms with Crippen LogP contribution in [0.4, 0.5) is 5.82 Å². The minimum atomic E-state index is 0.653. The van der Waals surface area contributed by atoms with Crippen molar-refractivity contribution in [3.05, 3.63) is 34.5 Å². The zero-order valence-corrected chi connectivity index (χ0v) is 12.0. The molecule has 3 rings (SSSR count). The van der Waals surface area contributed by atoms with Crippen LogP contribution in [0.25, 0.3) is 21.7 Å². The van der Waals surface area contributed by atoms with Crippen molar-refractivity contribution in [2.75, 3.05) is 5.73 Å². The van der Waals surface area contributed by atoms with E-state index < -0.39 is 0 Å². The molecule has 0 amide bonds. The summed E-state index contributed by atoms with van der Waals surface area (Å²) in [4.78, 5) is 1.10. The van der Waals surface area contributed by atoms with Gasteiger partial charge >= 0.3 is 0 Å². The first kappa shape index (κ1) is 11.6. The van der Waals surface area contributed by atoms with Crippen LogP contribution in [0.5, 0.6) is 0 Å². The molecule has 6 heteroatoms. The molecule has 0 unspecified atom stereocenters. The predicted octanol–water partition coefficient (Wildman–Crippen LogP) is 3.75. The van der Waals surface area contributed by atoms with Gasteiger partial charge in [-0.05, 0) is 33.4 Å². The van der Waals surface area contributed by atoms with Crippen LogP contribution in [0.15, 0.2) is 38.9 Å². The monoisotopic (exact) mass is 323 g/mol. The second-order valence-electron chi connectivity index (χ2n) is 3.82. The predicted molar refractivity (Wildman–Crippen MR) is 76.3 cm³/mol. The number of halogens is 1. The smallest absolute Gasteiger partial charge is 0.178 e. The molecule has 0 aliphatic carbocycles. The van der Waals surface area contributed by atoms with Crippen LogP contribution in [0.1, 0.15) is 0 Å². The fraction of sp³-hybridized carbons (Fsp3) is 0.0833. The highest BCUT2D eigenvalue weighted by molar-refractivity contribution is 9.10. The van der Waals surface area contributed by atoms with E-state index in [2.05, 4.69) is 21.0 Å². The van der Waals surface area contributed by atoms with Crippen LogP contribution in [0, 0.1) is 0 Å². The molecule has 0 radical (unpaired) electrons. The summed E-state index contributed by atoms with van der Waals surface area (Å²) in [5, 5.41) is 6.50. The van der Waals surface area contributed by atoms with Crippen LogP contribution >= 0.6 is 27.3 Å². The lowest BCUT2D eigenvalue weighted by Crippen LogP contribution is -1.97. The van der Waals surface area contributed by atoms with Crippen LogP contribution in [0.2, 0.25) is 0 Å². The number of anilines is 1. The van der Waals surface area contributed by atoms with E-state index in [4.69, 9.17) is 10.2 Å². The van der Waals surface area contributed by atoms with Gasteiger partial charge in [0.2, 0.25) is 0 Å². The Kier molecular flexibility index (Phi) is 2.76. The summed E-state index contributed by atoms with van der Waals surface area (Å²) in [7, 11) is 1.84. The molecule has 0 atom stereocenters. The molecule has 92 valence electrons. The van der Waals surface area contributed by atoms with Crippen molar-refractivity contribution in [3.8, 4) is 21.7 Å². The topological polar surface area (TPSA) is 57.0 Å². The number of aromatic nitrogens is 2. The number of furan rings is 1. The number of aryl methyl sites for hydroxylation is 1. The van der Waals surface area contributed by atoms with E-state index >= 15 is 0 Å². The molecule has 3 aromatic rings. The van der Waals surface area contributed by atoms with Crippen molar-refractivity contribution in [1.82, 2.24) is 9.78 Å². The van der Waals surface area contributed by atoms with Gasteiger partial charge in [0, 0.05) is 11.9 Å². The van der Waals surface area contributed by atoms with E-state index in [9.17, 15) is 0 Å². The Hall–Kier alpha value is -1.53. The highest BCUT2D eigenvalue weighted by Crippen LogP contribution is 2.40. The molecular weight excluding hydrogens is 314 g/mol. The number of hydrogen-bond donors (Lipinski definition) is 1. The summed E-state index contributed by atoms with van der Waals surface area (Å²) in [6.07, 6.45) is 1.63. The van der Waals surface area contributed by atoms with E-state index in [0.717, 1.165) is 21.7 Å². The van der Waals surface area contributed by atoms with Gasteiger partial charge in [0.25, 0.3) is 0 Å². The molecular formula is C12H10BrN3OS. The molecule has 3 aromatic heterocycles. The summed E-state index contributed by atoms with van der Waals surface area (Å²) >= 11 is 5.02. The van der Waals surface area contributed by atoms with Gasteiger partial charge in [0.15, 0.2) is 4.67 Å². The molecule has 0 aliphatic heterocycles. The van der Waals surface area contributed by atoms with Crippen molar-refractivity contribution in [3.63, 3.8) is 0 Å². The summed E-state index contributed by atoms with van der Waals surface area (Å²) in [6, 6.07) is 5.92. The van der Waals surface area contributed by atoms with E-state index in [1.54, 1.807) is 22.3 Å². The summed E-state index contributed by atoms with van der Waals surface area (Å²) in [6.45, 7) is 0. The summed E-state index contributed by atoms with van der Waals surface area (Å²) in [5.41, 5.74) is 8.80. The SMILES string of the molecule is Cn1nc(-c2ccoc2Br)c(-c2cccs2)c1N. The third kappa shape index (κ3) is 1.69. The Bertz CT molecular complexity index is 684. The summed E-state index contributed by atoms with van der Waals surface area (Å²) in [5.74, 6) is 0.653. The first-order valence-corrected chi connectivity index (χ1v) is 6.95. The highest BCUT2D eigenvalue weighted by atomic mass is 79.9. The van der Waals surface area contributed by atoms with E-state index in [0.29, 0.717) is 10.5 Å². The zero-order chi connectivity index (χ0) is 12.7. The number of thiophene rings is 1. The molecule has 0 bridgehead atoms. The minimum Gasteiger partial charge on any atom is -0.457 e. The lowest BCUT2D eigenvalue weighted by molar-refractivity contribution is 0.542. The fourth-order valence-corrected chi connectivity index (χ4v) is 3.06. The third-order valence-corrected chi connectivity index (χ3v) is 4.23. The largest absolute Gasteiger partial charge is 0.457 e. The average molecular weight is 324 g/mol. The maximum absolute atomic E-state index is 6.11. The quantitative estimate of drug-likeness (QED) is 0.781. The number of nitrogens with zero attached hydrogens (tertiary/aromatic N) is 2. The van der Waals surface area contributed by atoms with Crippen LogP contribution in [0.3, 0.4) is 0 Å². The van der Waals surface area contributed by atoms with E-state index in [1.807, 2.05) is 30.6 Å². The van der Waals surface area contributed by atoms with Crippen molar-refractivity contribution in [2.45, 2.75) is 0 Å². The number of nitrogen functional groups attached to an aromatic ring is 1. The number of hydrogen-bond acceptors (Lipinski definition) is 4. The highest BCUT2D eigenvalue weighted by Gasteiger charge is 2.20. The molecule has 0 spiro atoms. The van der Waals surface area contributed by atoms with Gasteiger partial charge in [-0.15, -0.1) is 11.3 Å². The van der Waals surface area contributed by atoms with Crippen molar-refractivity contribution in [1.29, 1.82) is 0 Å². The van der Waals surface area contributed by atoms with Crippen molar-refractivity contribution < 1.29 is 4.42 Å². The second kappa shape index (κ2) is 4.29. The van der Waals surface area contributed by atoms with Gasteiger partial charge in [-0.2, -0.15) is 5.10 Å². The molecule has 0 saturated carbocycles. The van der Waals surface area contributed by atoms with Crippen LogP contribution in [-0.2, 0) is 7.05 Å². The molecule has 0 aromatic carbocycles. The Balaban J connectivity index is 2.28. The lowest BCUT2D eigenvalue weighted by Gasteiger charge is -1.99. The normalized spacial score (nSPS) is 11.0. The Labute approximate surface area is 116 Å². The Morgan fingerprint density at radius 3 is 2.89 bits per heavy atom. The third-order valence-electron chi connectivity index (χ3n) is 2.73. The average Bonchev–Trinajstić information content (AvgIpc) is 3.02. The molecule has 18 heavy (non-hydrogen) atoms. The van der Waals surface area contributed by atoms with Gasteiger partial charge in [-0.25, -0.2) is 0 Å². The maximum Gasteiger partial charge on any atom is 0.178 e. The standard InChI is InChI=1S/C12H10BrN3OS/c1-16-12(14)9(8-3-2-6-18-8)10(15-16)7-4-5-17-11(7)13/h2-6H,14H2,1H3. The first-order chi connectivity index (χ1) is 8.68. The zero-order valence-electron chi connectivity index (χ0n) is 9.55. The molecule has 3 heterocycles. The van der Waals surface area contributed by atoms with E-state index in [-0.39, 0.29) is 0 Å². The molecule has 4 nitrogen and oxygen atoms in total. The molecule has 0 fully saturated rings. The number of nitrogens with two attached hydrogens (primary N) is 1. The van der Waals surface area contributed by atoms with E-state index in [1.165, 1.54) is 0 Å². The van der Waals surface area contributed by atoms with Gasteiger partial charge in [0.05, 0.1) is 17.4 Å². The Morgan fingerprint density at radius 1 is 1.44 bits per heavy atom. The first-order valence-electron chi connectivity index (χ1n) is 5.28. The van der Waals surface area contributed by atoms with Crippen LogP contribution < -0.4 is 5.73 Å². The van der Waals surface area contributed by atoms with Gasteiger partial charge in [0.1, 0.15) is 11.5 Å². The van der Waals surface area contributed by atoms with Crippen LogP contribution in [-0.4, -0.2) is 9.78 Å². The molecule has 0 aliphatic rings. The second-order valence-corrected chi connectivity index (χ2v) is 5.49. The van der Waals surface area contributed by atoms with Crippen molar-refractivity contribution >= 4 is 33.1 Å². The summed E-state index contributed by atoms with van der Waals surface area (Å²) < 4.78 is 7.62.